The Balaban J connectivity index is 1.96. The van der Waals surface area contributed by atoms with Gasteiger partial charge < -0.3 is 9.88 Å². The quantitative estimate of drug-likeness (QED) is 0.645. The fourth-order valence-corrected chi connectivity index (χ4v) is 2.01. The van der Waals surface area contributed by atoms with Crippen molar-refractivity contribution in [1.82, 2.24) is 14.8 Å². The van der Waals surface area contributed by atoms with E-state index in [9.17, 15) is 10.1 Å². The molecule has 0 unspecified atom stereocenters. The predicted octanol–water partition coefficient (Wildman–Crippen LogP) is 2.17. The molecule has 1 aromatic heterocycles. The lowest BCUT2D eigenvalue weighted by Crippen LogP contribution is -2.12. The van der Waals surface area contributed by atoms with E-state index in [0.717, 1.165) is 30.0 Å². The number of nitrogens with zero attached hydrogens (tertiary/aromatic N) is 4. The first-order valence-electron chi connectivity index (χ1n) is 6.47. The molecule has 7 nitrogen and oxygen atoms in total. The van der Waals surface area contributed by atoms with Gasteiger partial charge in [-0.15, -0.1) is 10.2 Å². The highest BCUT2D eigenvalue weighted by molar-refractivity contribution is 5.55. The fourth-order valence-electron chi connectivity index (χ4n) is 2.01. The molecule has 0 aliphatic heterocycles. The summed E-state index contributed by atoms with van der Waals surface area (Å²) in [5, 5.41) is 21.8. The molecule has 20 heavy (non-hydrogen) atoms. The molecule has 7 heteroatoms. The number of hydrogen-bond acceptors (Lipinski definition) is 5. The van der Waals surface area contributed by atoms with Crippen LogP contribution in [0.3, 0.4) is 0 Å². The van der Waals surface area contributed by atoms with Gasteiger partial charge in [0, 0.05) is 37.3 Å². The summed E-state index contributed by atoms with van der Waals surface area (Å²) in [6.45, 7) is 5.36. The summed E-state index contributed by atoms with van der Waals surface area (Å²) in [7, 11) is 0. The molecule has 1 heterocycles. The Morgan fingerprint density at radius 3 is 2.90 bits per heavy atom. The zero-order valence-corrected chi connectivity index (χ0v) is 11.5. The van der Waals surface area contributed by atoms with Gasteiger partial charge in [0.15, 0.2) is 0 Å². The van der Waals surface area contributed by atoms with E-state index in [1.165, 1.54) is 6.07 Å². The first-order valence-corrected chi connectivity index (χ1v) is 6.47. The van der Waals surface area contributed by atoms with Gasteiger partial charge in [-0.25, -0.2) is 0 Å². The van der Waals surface area contributed by atoms with Crippen LogP contribution in [0.2, 0.25) is 0 Å². The van der Waals surface area contributed by atoms with Crippen molar-refractivity contribution in [3.63, 3.8) is 0 Å². The first kappa shape index (κ1) is 14.0. The second-order valence-corrected chi connectivity index (χ2v) is 4.48. The van der Waals surface area contributed by atoms with Crippen LogP contribution in [0.1, 0.15) is 18.3 Å². The molecule has 0 radical (unpaired) electrons. The summed E-state index contributed by atoms with van der Waals surface area (Å²) >= 11 is 0. The molecule has 0 amide bonds. The van der Waals surface area contributed by atoms with E-state index in [-0.39, 0.29) is 10.6 Å². The summed E-state index contributed by atoms with van der Waals surface area (Å²) in [5.74, 6) is 0.951. The number of rotatable bonds is 6. The van der Waals surface area contributed by atoms with Gasteiger partial charge >= 0.3 is 0 Å². The molecule has 2 aromatic rings. The maximum atomic E-state index is 10.7. The zero-order chi connectivity index (χ0) is 14.5. The SMILES string of the molecule is CCc1nncn1CCNc1ccc([N+](=O)[O-])cc1C. The lowest BCUT2D eigenvalue weighted by atomic mass is 10.2. The highest BCUT2D eigenvalue weighted by Crippen LogP contribution is 2.20. The van der Waals surface area contributed by atoms with Crippen LogP contribution in [-0.2, 0) is 13.0 Å². The average Bonchev–Trinajstić information content (AvgIpc) is 2.87. The van der Waals surface area contributed by atoms with Crippen molar-refractivity contribution in [3.8, 4) is 0 Å². The van der Waals surface area contributed by atoms with Crippen LogP contribution in [0.4, 0.5) is 11.4 Å². The Kier molecular flexibility index (Phi) is 4.29. The second-order valence-electron chi connectivity index (χ2n) is 4.48. The number of nitro benzene ring substituents is 1. The zero-order valence-electron chi connectivity index (χ0n) is 11.5. The number of nitrogens with one attached hydrogen (secondary N) is 1. The van der Waals surface area contributed by atoms with Crippen molar-refractivity contribution in [2.45, 2.75) is 26.8 Å². The molecule has 0 saturated carbocycles. The van der Waals surface area contributed by atoms with Crippen LogP contribution < -0.4 is 5.32 Å². The smallest absolute Gasteiger partial charge is 0.269 e. The van der Waals surface area contributed by atoms with Crippen molar-refractivity contribution in [2.75, 3.05) is 11.9 Å². The Morgan fingerprint density at radius 2 is 2.25 bits per heavy atom. The van der Waals surface area contributed by atoms with E-state index in [0.29, 0.717) is 6.54 Å². The molecule has 106 valence electrons. The van der Waals surface area contributed by atoms with Gasteiger partial charge in [-0.3, -0.25) is 10.1 Å². The van der Waals surface area contributed by atoms with E-state index in [1.54, 1.807) is 18.5 Å². The summed E-state index contributed by atoms with van der Waals surface area (Å²) in [4.78, 5) is 10.3. The topological polar surface area (TPSA) is 85.9 Å². The van der Waals surface area contributed by atoms with Crippen LogP contribution in [0.15, 0.2) is 24.5 Å². The second kappa shape index (κ2) is 6.14. The van der Waals surface area contributed by atoms with E-state index in [1.807, 2.05) is 18.4 Å². The number of non-ortho nitro benzene ring substituents is 1. The molecule has 0 aliphatic carbocycles. The minimum atomic E-state index is -0.387. The third-order valence-electron chi connectivity index (χ3n) is 3.10. The summed E-state index contributed by atoms with van der Waals surface area (Å²) in [6, 6.07) is 4.81. The molecule has 0 fully saturated rings. The van der Waals surface area contributed by atoms with Crippen LogP contribution in [0.25, 0.3) is 0 Å². The van der Waals surface area contributed by atoms with Gasteiger partial charge in [-0.1, -0.05) is 6.92 Å². The van der Waals surface area contributed by atoms with E-state index in [4.69, 9.17) is 0 Å². The number of benzene rings is 1. The third-order valence-corrected chi connectivity index (χ3v) is 3.10. The van der Waals surface area contributed by atoms with Gasteiger partial charge in [0.25, 0.3) is 5.69 Å². The Labute approximate surface area is 116 Å². The normalized spacial score (nSPS) is 10.5. The van der Waals surface area contributed by atoms with Gasteiger partial charge in [0.1, 0.15) is 12.2 Å². The maximum Gasteiger partial charge on any atom is 0.269 e. The van der Waals surface area contributed by atoms with Crippen LogP contribution in [0.5, 0.6) is 0 Å². The number of aromatic nitrogens is 3. The van der Waals surface area contributed by atoms with Crippen molar-refractivity contribution in [1.29, 1.82) is 0 Å². The number of aryl methyl sites for hydroxylation is 2. The van der Waals surface area contributed by atoms with Crippen LogP contribution in [0, 0.1) is 17.0 Å². The Hall–Kier alpha value is -2.44. The van der Waals surface area contributed by atoms with Crippen LogP contribution >= 0.6 is 0 Å². The highest BCUT2D eigenvalue weighted by Gasteiger charge is 2.08. The molecular weight excluding hydrogens is 258 g/mol. The van der Waals surface area contributed by atoms with E-state index < -0.39 is 0 Å². The molecule has 0 spiro atoms. The molecular formula is C13H17N5O2. The molecule has 0 saturated heterocycles. The minimum absolute atomic E-state index is 0.111. The summed E-state index contributed by atoms with van der Waals surface area (Å²) in [6.07, 6.45) is 2.56. The van der Waals surface area contributed by atoms with Crippen molar-refractivity contribution < 1.29 is 4.92 Å². The minimum Gasteiger partial charge on any atom is -0.383 e. The molecule has 2 rings (SSSR count). The largest absolute Gasteiger partial charge is 0.383 e. The standard InChI is InChI=1S/C13H17N5O2/c1-3-13-16-15-9-17(13)7-6-14-12-5-4-11(18(19)20)8-10(12)2/h4-5,8-9,14H,3,6-7H2,1-2H3. The Bertz CT molecular complexity index is 609. The molecule has 1 aromatic carbocycles. The molecule has 0 atom stereocenters. The lowest BCUT2D eigenvalue weighted by Gasteiger charge is -2.10. The predicted molar refractivity (Wildman–Crippen MR) is 75.7 cm³/mol. The highest BCUT2D eigenvalue weighted by atomic mass is 16.6. The Morgan fingerprint density at radius 1 is 1.45 bits per heavy atom. The molecule has 1 N–H and O–H groups in total. The molecule has 0 aliphatic rings. The van der Waals surface area contributed by atoms with E-state index >= 15 is 0 Å². The van der Waals surface area contributed by atoms with Crippen LogP contribution in [-0.4, -0.2) is 26.2 Å². The van der Waals surface area contributed by atoms with Crippen molar-refractivity contribution >= 4 is 11.4 Å². The molecule has 0 bridgehead atoms. The lowest BCUT2D eigenvalue weighted by molar-refractivity contribution is -0.384. The monoisotopic (exact) mass is 275 g/mol. The van der Waals surface area contributed by atoms with Gasteiger partial charge in [-0.05, 0) is 18.6 Å². The van der Waals surface area contributed by atoms with E-state index in [2.05, 4.69) is 15.5 Å². The number of hydrogen-bond donors (Lipinski definition) is 1. The summed E-state index contributed by atoms with van der Waals surface area (Å²) in [5.41, 5.74) is 1.88. The van der Waals surface area contributed by atoms with Gasteiger partial charge in [-0.2, -0.15) is 0 Å². The average molecular weight is 275 g/mol. The van der Waals surface area contributed by atoms with Gasteiger partial charge in [0.05, 0.1) is 4.92 Å². The van der Waals surface area contributed by atoms with Gasteiger partial charge in [0.2, 0.25) is 0 Å². The van der Waals surface area contributed by atoms with Crippen molar-refractivity contribution in [2.24, 2.45) is 0 Å². The number of nitro groups is 1. The first-order chi connectivity index (χ1) is 9.61. The fraction of sp³-hybridized carbons (Fsp3) is 0.385. The summed E-state index contributed by atoms with van der Waals surface area (Å²) < 4.78 is 1.99. The van der Waals surface area contributed by atoms with Crippen molar-refractivity contribution in [3.05, 3.63) is 46.0 Å². The maximum absolute atomic E-state index is 10.7. The number of anilines is 1. The third kappa shape index (κ3) is 3.11.